The Morgan fingerprint density at radius 1 is 1.07 bits per heavy atom. The minimum atomic E-state index is -0.237. The van der Waals surface area contributed by atoms with Crippen molar-refractivity contribution in [2.45, 2.75) is 44.7 Å². The van der Waals surface area contributed by atoms with Gasteiger partial charge in [0.25, 0.3) is 11.8 Å². The molecular weight excluding hydrogens is 404 g/mol. The second kappa shape index (κ2) is 10.5. The van der Waals surface area contributed by atoms with E-state index in [1.54, 1.807) is 10.9 Å². The molecule has 2 saturated heterocycles. The third-order valence-electron chi connectivity index (χ3n) is 5.72. The maximum absolute atomic E-state index is 12.5. The molecule has 0 atom stereocenters. The number of halogens is 1. The van der Waals surface area contributed by atoms with Gasteiger partial charge in [0.1, 0.15) is 0 Å². The Morgan fingerprint density at radius 2 is 1.77 bits per heavy atom. The van der Waals surface area contributed by atoms with Crippen LogP contribution in [0.4, 0.5) is 0 Å². The van der Waals surface area contributed by atoms with Crippen molar-refractivity contribution in [1.82, 2.24) is 30.5 Å². The van der Waals surface area contributed by atoms with Crippen LogP contribution in [0.25, 0.3) is 0 Å². The summed E-state index contributed by atoms with van der Waals surface area (Å²) in [5, 5.41) is 14.3. The van der Waals surface area contributed by atoms with Gasteiger partial charge in [-0.3, -0.25) is 9.59 Å². The fraction of sp³-hybridized carbons (Fsp3) is 0.524. The molecule has 0 radical (unpaired) electrons. The summed E-state index contributed by atoms with van der Waals surface area (Å²) in [7, 11) is 0. The molecule has 2 fully saturated rings. The van der Waals surface area contributed by atoms with E-state index in [1.807, 2.05) is 29.2 Å². The van der Waals surface area contributed by atoms with E-state index in [2.05, 4.69) is 20.9 Å². The van der Waals surface area contributed by atoms with E-state index in [4.69, 9.17) is 0 Å². The third kappa shape index (κ3) is 5.37. The molecule has 2 amide bonds. The zero-order valence-corrected chi connectivity index (χ0v) is 17.9. The molecule has 4 rings (SSSR count). The van der Waals surface area contributed by atoms with Crippen LogP contribution >= 0.6 is 12.4 Å². The van der Waals surface area contributed by atoms with E-state index >= 15 is 0 Å². The second-order valence-corrected chi connectivity index (χ2v) is 7.80. The van der Waals surface area contributed by atoms with E-state index in [1.165, 1.54) is 6.42 Å². The lowest BCUT2D eigenvalue weighted by Crippen LogP contribution is -2.35. The van der Waals surface area contributed by atoms with Crippen molar-refractivity contribution in [2.24, 2.45) is 0 Å². The van der Waals surface area contributed by atoms with Gasteiger partial charge in [0.15, 0.2) is 5.69 Å². The summed E-state index contributed by atoms with van der Waals surface area (Å²) in [4.78, 5) is 26.8. The largest absolute Gasteiger partial charge is 0.347 e. The lowest BCUT2D eigenvalue weighted by atomic mass is 10.1. The molecule has 1 aromatic heterocycles. The highest BCUT2D eigenvalue weighted by Crippen LogP contribution is 2.17. The molecule has 2 aliphatic rings. The summed E-state index contributed by atoms with van der Waals surface area (Å²) in [5.41, 5.74) is 1.98. The van der Waals surface area contributed by atoms with Crippen LogP contribution in [-0.2, 0) is 6.54 Å². The molecule has 2 aromatic rings. The van der Waals surface area contributed by atoms with Crippen LogP contribution in [0.2, 0.25) is 0 Å². The van der Waals surface area contributed by atoms with Gasteiger partial charge in [-0.2, -0.15) is 0 Å². The highest BCUT2D eigenvalue weighted by Gasteiger charge is 2.19. The Labute approximate surface area is 182 Å². The third-order valence-corrected chi connectivity index (χ3v) is 5.72. The summed E-state index contributed by atoms with van der Waals surface area (Å²) >= 11 is 0. The quantitative estimate of drug-likeness (QED) is 0.755. The molecule has 3 heterocycles. The van der Waals surface area contributed by atoms with Crippen LogP contribution < -0.4 is 10.6 Å². The lowest BCUT2D eigenvalue weighted by Gasteiger charge is -2.26. The van der Waals surface area contributed by atoms with Crippen molar-refractivity contribution >= 4 is 24.2 Å². The molecule has 8 nitrogen and oxygen atoms in total. The molecule has 162 valence electrons. The van der Waals surface area contributed by atoms with Crippen molar-refractivity contribution < 1.29 is 9.59 Å². The van der Waals surface area contributed by atoms with Crippen LogP contribution in [-0.4, -0.2) is 57.9 Å². The van der Waals surface area contributed by atoms with Gasteiger partial charge in [0.2, 0.25) is 0 Å². The second-order valence-electron chi connectivity index (χ2n) is 7.80. The van der Waals surface area contributed by atoms with E-state index < -0.39 is 0 Å². The number of aromatic nitrogens is 3. The Bertz CT molecular complexity index is 841. The van der Waals surface area contributed by atoms with Crippen LogP contribution in [0, 0.1) is 0 Å². The molecule has 0 saturated carbocycles. The Morgan fingerprint density at radius 3 is 2.47 bits per heavy atom. The molecule has 2 N–H and O–H groups in total. The molecule has 0 bridgehead atoms. The molecule has 30 heavy (non-hydrogen) atoms. The van der Waals surface area contributed by atoms with Crippen molar-refractivity contribution in [3.05, 3.63) is 47.3 Å². The number of piperidine rings is 2. The molecule has 2 aliphatic heterocycles. The number of hydrogen-bond donors (Lipinski definition) is 2. The molecule has 9 heteroatoms. The SMILES string of the molecule is Cl.O=C(NCc1ccc(C(=O)N2CCCCC2)cc1)c1cn(C2CCNCC2)nn1. The summed E-state index contributed by atoms with van der Waals surface area (Å²) in [6, 6.07) is 7.76. The first kappa shape index (κ1) is 22.2. The van der Waals surface area contributed by atoms with Gasteiger partial charge in [-0.15, -0.1) is 17.5 Å². The van der Waals surface area contributed by atoms with Crippen LogP contribution in [0.3, 0.4) is 0 Å². The number of amides is 2. The van der Waals surface area contributed by atoms with E-state index in [0.717, 1.165) is 57.4 Å². The first-order chi connectivity index (χ1) is 14.2. The lowest BCUT2D eigenvalue weighted by molar-refractivity contribution is 0.0724. The Hall–Kier alpha value is -2.45. The first-order valence-corrected chi connectivity index (χ1v) is 10.5. The normalized spacial score (nSPS) is 17.3. The molecule has 1 aromatic carbocycles. The van der Waals surface area contributed by atoms with Crippen molar-refractivity contribution in [3.63, 3.8) is 0 Å². The molecule has 0 spiro atoms. The minimum Gasteiger partial charge on any atom is -0.347 e. The monoisotopic (exact) mass is 432 g/mol. The van der Waals surface area contributed by atoms with Gasteiger partial charge in [-0.05, 0) is 62.9 Å². The summed E-state index contributed by atoms with van der Waals surface area (Å²) in [5.74, 6) is -0.145. The number of nitrogens with one attached hydrogen (secondary N) is 2. The maximum atomic E-state index is 12.5. The number of nitrogens with zero attached hydrogens (tertiary/aromatic N) is 4. The van der Waals surface area contributed by atoms with Crippen molar-refractivity contribution in [1.29, 1.82) is 0 Å². The Balaban J connectivity index is 0.00000256. The van der Waals surface area contributed by atoms with Gasteiger partial charge in [-0.25, -0.2) is 4.68 Å². The van der Waals surface area contributed by atoms with Gasteiger partial charge in [0, 0.05) is 25.2 Å². The van der Waals surface area contributed by atoms with Crippen LogP contribution in [0.1, 0.15) is 64.6 Å². The number of rotatable bonds is 5. The topological polar surface area (TPSA) is 92.2 Å². The van der Waals surface area contributed by atoms with Gasteiger partial charge in [-0.1, -0.05) is 17.3 Å². The minimum absolute atomic E-state index is 0. The summed E-state index contributed by atoms with van der Waals surface area (Å²) in [6.45, 7) is 3.99. The zero-order valence-electron chi connectivity index (χ0n) is 17.0. The number of likely N-dealkylation sites (tertiary alicyclic amines) is 1. The fourth-order valence-corrected chi connectivity index (χ4v) is 3.95. The maximum Gasteiger partial charge on any atom is 0.273 e. The number of carbonyl (C=O) groups excluding carboxylic acids is 2. The van der Waals surface area contributed by atoms with E-state index in [-0.39, 0.29) is 24.2 Å². The van der Waals surface area contributed by atoms with Gasteiger partial charge < -0.3 is 15.5 Å². The zero-order chi connectivity index (χ0) is 20.1. The summed E-state index contributed by atoms with van der Waals surface area (Å²) in [6.07, 6.45) is 7.08. The van der Waals surface area contributed by atoms with E-state index in [9.17, 15) is 9.59 Å². The average molecular weight is 433 g/mol. The predicted octanol–water partition coefficient (Wildman–Crippen LogP) is 2.18. The van der Waals surface area contributed by atoms with Gasteiger partial charge >= 0.3 is 0 Å². The number of benzene rings is 1. The average Bonchev–Trinajstić information content (AvgIpc) is 3.29. The standard InChI is InChI=1S/C21H28N6O2.ClH/c28-20(19-15-27(25-24-19)18-8-10-22-11-9-18)23-14-16-4-6-17(7-5-16)21(29)26-12-2-1-3-13-26;/h4-7,15,18,22H,1-3,8-14H2,(H,23,28);1H. The first-order valence-electron chi connectivity index (χ1n) is 10.5. The fourth-order valence-electron chi connectivity index (χ4n) is 3.95. The number of hydrogen-bond acceptors (Lipinski definition) is 5. The van der Waals surface area contributed by atoms with Crippen LogP contribution in [0.5, 0.6) is 0 Å². The molecular formula is C21H29ClN6O2. The van der Waals surface area contributed by atoms with E-state index in [0.29, 0.717) is 23.8 Å². The van der Waals surface area contributed by atoms with Crippen molar-refractivity contribution in [3.8, 4) is 0 Å². The van der Waals surface area contributed by atoms with Crippen molar-refractivity contribution in [2.75, 3.05) is 26.2 Å². The molecule has 0 unspecified atom stereocenters. The smallest absolute Gasteiger partial charge is 0.273 e. The number of carbonyl (C=O) groups is 2. The summed E-state index contributed by atoms with van der Waals surface area (Å²) < 4.78 is 1.80. The highest BCUT2D eigenvalue weighted by atomic mass is 35.5. The Kier molecular flexibility index (Phi) is 7.81. The molecule has 0 aliphatic carbocycles. The van der Waals surface area contributed by atoms with Gasteiger partial charge in [0.05, 0.1) is 12.2 Å². The highest BCUT2D eigenvalue weighted by molar-refractivity contribution is 5.94. The predicted molar refractivity (Wildman–Crippen MR) is 116 cm³/mol. The van der Waals surface area contributed by atoms with Crippen LogP contribution in [0.15, 0.2) is 30.5 Å².